The fourth-order valence-electron chi connectivity index (χ4n) is 4.08. The normalized spacial score (nSPS) is 12.0. The summed E-state index contributed by atoms with van der Waals surface area (Å²) in [6, 6.07) is 19.6. The van der Waals surface area contributed by atoms with E-state index >= 15 is 0 Å². The Morgan fingerprint density at radius 2 is 1.63 bits per heavy atom. The third-order valence-corrected chi connectivity index (χ3v) is 8.24. The van der Waals surface area contributed by atoms with Gasteiger partial charge in [-0.05, 0) is 68.7 Å². The number of halogens is 1. The molecular formula is C29H34ClN3O4S. The van der Waals surface area contributed by atoms with Crippen molar-refractivity contribution in [2.45, 2.75) is 51.6 Å². The van der Waals surface area contributed by atoms with Crippen molar-refractivity contribution in [2.24, 2.45) is 0 Å². The Morgan fingerprint density at radius 3 is 2.24 bits per heavy atom. The van der Waals surface area contributed by atoms with Gasteiger partial charge in [0.1, 0.15) is 12.6 Å². The van der Waals surface area contributed by atoms with Crippen molar-refractivity contribution in [1.82, 2.24) is 10.2 Å². The molecule has 1 N–H and O–H groups in total. The summed E-state index contributed by atoms with van der Waals surface area (Å²) >= 11 is 6.03. The van der Waals surface area contributed by atoms with Crippen LogP contribution in [0.5, 0.6) is 0 Å². The second-order valence-electron chi connectivity index (χ2n) is 9.23. The smallest absolute Gasteiger partial charge is 0.264 e. The van der Waals surface area contributed by atoms with Crippen molar-refractivity contribution in [2.75, 3.05) is 17.4 Å². The fourth-order valence-corrected chi connectivity index (χ4v) is 5.71. The minimum absolute atomic E-state index is 0.0748. The predicted molar refractivity (Wildman–Crippen MR) is 152 cm³/mol. The highest BCUT2D eigenvalue weighted by Crippen LogP contribution is 2.28. The van der Waals surface area contributed by atoms with Gasteiger partial charge in [-0.15, -0.1) is 0 Å². The summed E-state index contributed by atoms with van der Waals surface area (Å²) in [4.78, 5) is 28.3. The molecule has 7 nitrogen and oxygen atoms in total. The molecule has 0 unspecified atom stereocenters. The Bertz CT molecular complexity index is 1360. The van der Waals surface area contributed by atoms with Crippen molar-refractivity contribution in [1.29, 1.82) is 0 Å². The Kier molecular flexibility index (Phi) is 9.94. The topological polar surface area (TPSA) is 86.8 Å². The van der Waals surface area contributed by atoms with Crippen molar-refractivity contribution in [3.63, 3.8) is 0 Å². The lowest BCUT2D eigenvalue weighted by Crippen LogP contribution is -2.51. The number of rotatable bonds is 11. The zero-order valence-electron chi connectivity index (χ0n) is 22.1. The number of benzene rings is 3. The van der Waals surface area contributed by atoms with Crippen molar-refractivity contribution < 1.29 is 18.0 Å². The van der Waals surface area contributed by atoms with Crippen LogP contribution in [0.25, 0.3) is 0 Å². The first-order valence-corrected chi connectivity index (χ1v) is 14.3. The molecule has 0 saturated heterocycles. The largest absolute Gasteiger partial charge is 0.354 e. The quantitative estimate of drug-likeness (QED) is 0.357. The molecule has 38 heavy (non-hydrogen) atoms. The molecule has 1 atom stereocenters. The number of anilines is 1. The molecule has 0 aliphatic carbocycles. The van der Waals surface area contributed by atoms with Crippen LogP contribution >= 0.6 is 11.6 Å². The Morgan fingerprint density at radius 1 is 0.974 bits per heavy atom. The van der Waals surface area contributed by atoms with Gasteiger partial charge >= 0.3 is 0 Å². The zero-order chi connectivity index (χ0) is 27.9. The van der Waals surface area contributed by atoms with Crippen LogP contribution in [0.1, 0.15) is 37.0 Å². The summed E-state index contributed by atoms with van der Waals surface area (Å²) in [6.07, 6.45) is 0.749. The number of hydrogen-bond donors (Lipinski definition) is 1. The van der Waals surface area contributed by atoms with Crippen molar-refractivity contribution in [3.05, 3.63) is 94.5 Å². The van der Waals surface area contributed by atoms with Gasteiger partial charge in [0, 0.05) is 18.1 Å². The van der Waals surface area contributed by atoms with Gasteiger partial charge in [0.25, 0.3) is 10.0 Å². The van der Waals surface area contributed by atoms with Gasteiger partial charge in [0.2, 0.25) is 11.8 Å². The van der Waals surface area contributed by atoms with Crippen LogP contribution in [0.3, 0.4) is 0 Å². The highest BCUT2D eigenvalue weighted by atomic mass is 35.5. The minimum atomic E-state index is -4.09. The highest BCUT2D eigenvalue weighted by molar-refractivity contribution is 7.92. The second kappa shape index (κ2) is 12.9. The molecule has 0 aliphatic heterocycles. The Labute approximate surface area is 230 Å². The molecule has 0 aromatic heterocycles. The first-order chi connectivity index (χ1) is 18.0. The molecule has 2 amide bonds. The summed E-state index contributed by atoms with van der Waals surface area (Å²) in [5.41, 5.74) is 2.86. The lowest BCUT2D eigenvalue weighted by Gasteiger charge is -2.32. The number of aryl methyl sites for hydroxylation is 2. The molecular weight excluding hydrogens is 522 g/mol. The maximum atomic E-state index is 13.9. The zero-order valence-corrected chi connectivity index (χ0v) is 23.7. The summed E-state index contributed by atoms with van der Waals surface area (Å²) in [5.74, 6) is -0.809. The van der Waals surface area contributed by atoms with Gasteiger partial charge in [0.15, 0.2) is 0 Å². The Hall–Kier alpha value is -3.36. The number of hydrogen-bond acceptors (Lipinski definition) is 4. The first-order valence-electron chi connectivity index (χ1n) is 12.5. The number of amides is 2. The molecule has 0 bridgehead atoms. The van der Waals surface area contributed by atoms with Crippen LogP contribution in [-0.2, 0) is 26.2 Å². The monoisotopic (exact) mass is 555 g/mol. The van der Waals surface area contributed by atoms with Crippen LogP contribution in [0, 0.1) is 13.8 Å². The van der Waals surface area contributed by atoms with Crippen LogP contribution in [0.2, 0.25) is 5.02 Å². The summed E-state index contributed by atoms with van der Waals surface area (Å²) in [5, 5.41) is 3.38. The molecule has 0 spiro atoms. The third kappa shape index (κ3) is 7.14. The molecule has 3 aromatic rings. The van der Waals surface area contributed by atoms with Gasteiger partial charge in [-0.1, -0.05) is 66.6 Å². The van der Waals surface area contributed by atoms with E-state index in [2.05, 4.69) is 5.32 Å². The van der Waals surface area contributed by atoms with Gasteiger partial charge < -0.3 is 10.2 Å². The van der Waals surface area contributed by atoms with Gasteiger partial charge in [-0.25, -0.2) is 8.42 Å². The minimum Gasteiger partial charge on any atom is -0.354 e. The lowest BCUT2D eigenvalue weighted by atomic mass is 10.1. The van der Waals surface area contributed by atoms with Crippen molar-refractivity contribution >= 4 is 39.1 Å². The fraction of sp³-hybridized carbons (Fsp3) is 0.310. The number of nitrogens with zero attached hydrogens (tertiary/aromatic N) is 2. The van der Waals surface area contributed by atoms with E-state index in [1.807, 2.05) is 32.9 Å². The third-order valence-electron chi connectivity index (χ3n) is 6.21. The maximum Gasteiger partial charge on any atom is 0.264 e. The molecule has 0 aliphatic rings. The van der Waals surface area contributed by atoms with E-state index in [1.165, 1.54) is 17.0 Å². The van der Waals surface area contributed by atoms with Crippen LogP contribution in [0.15, 0.2) is 77.7 Å². The predicted octanol–water partition coefficient (Wildman–Crippen LogP) is 5.10. The van der Waals surface area contributed by atoms with Crippen LogP contribution < -0.4 is 9.62 Å². The molecule has 3 aromatic carbocycles. The lowest BCUT2D eigenvalue weighted by molar-refractivity contribution is -0.139. The summed E-state index contributed by atoms with van der Waals surface area (Å²) < 4.78 is 28.8. The number of nitrogens with one attached hydrogen (secondary N) is 1. The average molecular weight is 556 g/mol. The second-order valence-corrected chi connectivity index (χ2v) is 11.5. The summed E-state index contributed by atoms with van der Waals surface area (Å²) in [6.45, 7) is 7.44. The van der Waals surface area contributed by atoms with E-state index in [-0.39, 0.29) is 17.3 Å². The SMILES string of the molecule is CCCNC(=O)[C@@H](C)N(Cc1ccc(Cl)cc1)C(=O)CN(c1ccc(C)cc1C)S(=O)(=O)c1ccccc1. The first kappa shape index (κ1) is 29.2. The van der Waals surface area contributed by atoms with Gasteiger partial charge in [-0.2, -0.15) is 0 Å². The number of carbonyl (C=O) groups excluding carboxylic acids is 2. The van der Waals surface area contributed by atoms with E-state index in [0.29, 0.717) is 17.3 Å². The van der Waals surface area contributed by atoms with Crippen LogP contribution in [0.4, 0.5) is 5.69 Å². The highest BCUT2D eigenvalue weighted by Gasteiger charge is 2.33. The molecule has 202 valence electrons. The average Bonchev–Trinajstić information content (AvgIpc) is 2.90. The van der Waals surface area contributed by atoms with E-state index in [1.54, 1.807) is 55.5 Å². The number of sulfonamides is 1. The van der Waals surface area contributed by atoms with Gasteiger partial charge in [0.05, 0.1) is 10.6 Å². The van der Waals surface area contributed by atoms with Crippen molar-refractivity contribution in [3.8, 4) is 0 Å². The number of carbonyl (C=O) groups is 2. The molecule has 0 heterocycles. The van der Waals surface area contributed by atoms with Gasteiger partial charge in [-0.3, -0.25) is 13.9 Å². The molecule has 0 saturated carbocycles. The molecule has 9 heteroatoms. The van der Waals surface area contributed by atoms with E-state index < -0.39 is 28.5 Å². The molecule has 3 rings (SSSR count). The summed E-state index contributed by atoms with van der Waals surface area (Å²) in [7, 11) is -4.09. The maximum absolute atomic E-state index is 13.9. The molecule has 0 fully saturated rings. The Balaban J connectivity index is 2.03. The van der Waals surface area contributed by atoms with E-state index in [0.717, 1.165) is 27.4 Å². The van der Waals surface area contributed by atoms with E-state index in [4.69, 9.17) is 11.6 Å². The van der Waals surface area contributed by atoms with Crippen LogP contribution in [-0.4, -0.2) is 44.3 Å². The molecule has 0 radical (unpaired) electrons. The van der Waals surface area contributed by atoms with E-state index in [9.17, 15) is 18.0 Å². The standard InChI is InChI=1S/C29H34ClN3O4S/c1-5-17-31-29(35)23(4)32(19-24-12-14-25(30)15-13-24)28(34)20-33(27-16-11-21(2)18-22(27)3)38(36,37)26-9-7-6-8-10-26/h6-16,18,23H,5,17,19-20H2,1-4H3,(H,31,35)/t23-/m1/s1.